The molecule has 0 saturated heterocycles. The fourth-order valence-corrected chi connectivity index (χ4v) is 1.69. The Labute approximate surface area is 112 Å². The molecule has 0 fully saturated rings. The zero-order valence-corrected chi connectivity index (χ0v) is 11.2. The number of rotatable bonds is 7. The van der Waals surface area contributed by atoms with E-state index < -0.39 is 18.1 Å². The topological polar surface area (TPSA) is 88.0 Å². The van der Waals surface area contributed by atoms with Gasteiger partial charge in [0.1, 0.15) is 0 Å². The van der Waals surface area contributed by atoms with Crippen LogP contribution in [0.1, 0.15) is 18.6 Å². The molecule has 6 heteroatoms. The standard InChI is InChI=1S/C13H19NO5/c1-8(14-7-12(15)16)13(17)9-4-5-10(18-2)11(6-9)19-3/h4-6,8,13-14,17H,7H2,1-3H3,(H,15,16). The molecule has 0 radical (unpaired) electrons. The van der Waals surface area contributed by atoms with E-state index in [2.05, 4.69) is 5.32 Å². The Hall–Kier alpha value is -1.79. The van der Waals surface area contributed by atoms with E-state index in [0.717, 1.165) is 0 Å². The molecule has 0 aliphatic rings. The average molecular weight is 269 g/mol. The Bertz CT molecular complexity index is 435. The SMILES string of the molecule is COc1ccc(C(O)C(C)NCC(=O)O)cc1OC. The summed E-state index contributed by atoms with van der Waals surface area (Å²) in [5.41, 5.74) is 0.628. The van der Waals surface area contributed by atoms with Crippen molar-refractivity contribution >= 4 is 5.97 Å². The lowest BCUT2D eigenvalue weighted by molar-refractivity contribution is -0.136. The van der Waals surface area contributed by atoms with Gasteiger partial charge in [0.25, 0.3) is 0 Å². The van der Waals surface area contributed by atoms with Gasteiger partial charge >= 0.3 is 5.97 Å². The van der Waals surface area contributed by atoms with Crippen molar-refractivity contribution in [3.63, 3.8) is 0 Å². The summed E-state index contributed by atoms with van der Waals surface area (Å²) in [7, 11) is 3.05. The summed E-state index contributed by atoms with van der Waals surface area (Å²) in [4.78, 5) is 10.5. The van der Waals surface area contributed by atoms with Gasteiger partial charge in [-0.05, 0) is 24.6 Å². The third-order valence-electron chi connectivity index (χ3n) is 2.80. The lowest BCUT2D eigenvalue weighted by Gasteiger charge is -2.20. The largest absolute Gasteiger partial charge is 0.493 e. The minimum atomic E-state index is -0.966. The van der Waals surface area contributed by atoms with Crippen LogP contribution in [0, 0.1) is 0 Å². The van der Waals surface area contributed by atoms with Crippen molar-refractivity contribution in [2.45, 2.75) is 19.1 Å². The molecule has 0 aliphatic carbocycles. The van der Waals surface area contributed by atoms with E-state index in [0.29, 0.717) is 17.1 Å². The van der Waals surface area contributed by atoms with Gasteiger partial charge in [-0.3, -0.25) is 4.79 Å². The number of aliphatic hydroxyl groups is 1. The highest BCUT2D eigenvalue weighted by atomic mass is 16.5. The summed E-state index contributed by atoms with van der Waals surface area (Å²) in [5.74, 6) is 0.125. The van der Waals surface area contributed by atoms with Crippen molar-refractivity contribution in [3.8, 4) is 11.5 Å². The van der Waals surface area contributed by atoms with Gasteiger partial charge in [0.15, 0.2) is 11.5 Å². The second kappa shape index (κ2) is 6.96. The number of benzene rings is 1. The minimum Gasteiger partial charge on any atom is -0.493 e. The number of hydrogen-bond donors (Lipinski definition) is 3. The first kappa shape index (κ1) is 15.3. The number of carboxylic acids is 1. The maximum absolute atomic E-state index is 10.5. The van der Waals surface area contributed by atoms with Crippen LogP contribution in [0.15, 0.2) is 18.2 Å². The molecule has 0 aliphatic heterocycles. The normalized spacial score (nSPS) is 13.7. The van der Waals surface area contributed by atoms with Gasteiger partial charge in [0, 0.05) is 6.04 Å². The number of aliphatic hydroxyl groups excluding tert-OH is 1. The second-order valence-electron chi connectivity index (χ2n) is 4.12. The highest BCUT2D eigenvalue weighted by Gasteiger charge is 2.18. The first-order valence-electron chi connectivity index (χ1n) is 5.84. The minimum absolute atomic E-state index is 0.203. The molecule has 2 unspecified atom stereocenters. The zero-order chi connectivity index (χ0) is 14.4. The molecule has 0 heterocycles. The Morgan fingerprint density at radius 2 is 1.95 bits per heavy atom. The molecule has 6 nitrogen and oxygen atoms in total. The third kappa shape index (κ3) is 4.11. The fraction of sp³-hybridized carbons (Fsp3) is 0.462. The molecule has 2 atom stereocenters. The number of nitrogens with one attached hydrogen (secondary N) is 1. The van der Waals surface area contributed by atoms with Crippen LogP contribution in [0.3, 0.4) is 0 Å². The van der Waals surface area contributed by atoms with Crippen LogP contribution in [0.25, 0.3) is 0 Å². The Balaban J connectivity index is 2.81. The van der Waals surface area contributed by atoms with Crippen molar-refractivity contribution in [2.24, 2.45) is 0 Å². The molecule has 19 heavy (non-hydrogen) atoms. The van der Waals surface area contributed by atoms with Crippen molar-refractivity contribution < 1.29 is 24.5 Å². The number of methoxy groups -OCH3 is 2. The number of carbonyl (C=O) groups is 1. The van der Waals surface area contributed by atoms with E-state index in [9.17, 15) is 9.90 Å². The molecule has 0 saturated carbocycles. The van der Waals surface area contributed by atoms with Crippen molar-refractivity contribution in [3.05, 3.63) is 23.8 Å². The van der Waals surface area contributed by atoms with E-state index in [-0.39, 0.29) is 6.54 Å². The maximum atomic E-state index is 10.5. The molecule has 1 aromatic rings. The quantitative estimate of drug-likeness (QED) is 0.678. The van der Waals surface area contributed by atoms with E-state index >= 15 is 0 Å². The fourth-order valence-electron chi connectivity index (χ4n) is 1.69. The predicted molar refractivity (Wildman–Crippen MR) is 69.6 cm³/mol. The Morgan fingerprint density at radius 3 is 2.47 bits per heavy atom. The average Bonchev–Trinajstić information content (AvgIpc) is 2.42. The molecular formula is C13H19NO5. The zero-order valence-electron chi connectivity index (χ0n) is 11.2. The monoisotopic (exact) mass is 269 g/mol. The summed E-state index contributed by atoms with van der Waals surface area (Å²) < 4.78 is 10.3. The molecule has 0 spiro atoms. The van der Waals surface area contributed by atoms with Crippen LogP contribution < -0.4 is 14.8 Å². The van der Waals surface area contributed by atoms with Gasteiger partial charge in [-0.1, -0.05) is 6.07 Å². The van der Waals surface area contributed by atoms with Gasteiger partial charge in [0.2, 0.25) is 0 Å². The highest BCUT2D eigenvalue weighted by Crippen LogP contribution is 2.30. The van der Waals surface area contributed by atoms with Crippen LogP contribution in [0.4, 0.5) is 0 Å². The number of aliphatic carboxylic acids is 1. The molecular weight excluding hydrogens is 250 g/mol. The summed E-state index contributed by atoms with van der Waals surface area (Å²) in [6, 6.07) is 4.68. The lowest BCUT2D eigenvalue weighted by atomic mass is 10.0. The molecule has 0 bridgehead atoms. The first-order valence-corrected chi connectivity index (χ1v) is 5.84. The number of hydrogen-bond acceptors (Lipinski definition) is 5. The Kier molecular flexibility index (Phi) is 5.59. The summed E-state index contributed by atoms with van der Waals surface area (Å²) >= 11 is 0. The Morgan fingerprint density at radius 1 is 1.32 bits per heavy atom. The number of ether oxygens (including phenoxy) is 2. The third-order valence-corrected chi connectivity index (χ3v) is 2.80. The van der Waals surface area contributed by atoms with E-state index in [1.165, 1.54) is 14.2 Å². The second-order valence-corrected chi connectivity index (χ2v) is 4.12. The van der Waals surface area contributed by atoms with E-state index in [1.807, 2.05) is 0 Å². The van der Waals surface area contributed by atoms with Crippen molar-refractivity contribution in [1.82, 2.24) is 5.32 Å². The molecule has 3 N–H and O–H groups in total. The van der Waals surface area contributed by atoms with Crippen molar-refractivity contribution in [1.29, 1.82) is 0 Å². The summed E-state index contributed by atoms with van der Waals surface area (Å²) in [6.07, 6.45) is -0.834. The lowest BCUT2D eigenvalue weighted by Crippen LogP contribution is -2.35. The molecule has 0 aromatic heterocycles. The van der Waals surface area contributed by atoms with Crippen LogP contribution in [0.5, 0.6) is 11.5 Å². The van der Waals surface area contributed by atoms with Gasteiger partial charge in [-0.15, -0.1) is 0 Å². The summed E-state index contributed by atoms with van der Waals surface area (Å²) in [5, 5.41) is 21.4. The summed E-state index contributed by atoms with van der Waals surface area (Å²) in [6.45, 7) is 1.51. The van der Waals surface area contributed by atoms with Gasteiger partial charge in [-0.25, -0.2) is 0 Å². The molecule has 106 valence electrons. The van der Waals surface area contributed by atoms with Crippen LogP contribution >= 0.6 is 0 Å². The van der Waals surface area contributed by atoms with Crippen molar-refractivity contribution in [2.75, 3.05) is 20.8 Å². The number of carboxylic acid groups (broad SMARTS) is 1. The first-order chi connectivity index (χ1) is 8.99. The molecule has 0 amide bonds. The van der Waals surface area contributed by atoms with Gasteiger partial charge in [0.05, 0.1) is 26.9 Å². The van der Waals surface area contributed by atoms with Crippen LogP contribution in [0.2, 0.25) is 0 Å². The van der Waals surface area contributed by atoms with E-state index in [4.69, 9.17) is 14.6 Å². The predicted octanol–water partition coefficient (Wildman–Crippen LogP) is 0.800. The van der Waals surface area contributed by atoms with Gasteiger partial charge in [-0.2, -0.15) is 0 Å². The smallest absolute Gasteiger partial charge is 0.317 e. The molecule has 1 rings (SSSR count). The van der Waals surface area contributed by atoms with E-state index in [1.54, 1.807) is 25.1 Å². The van der Waals surface area contributed by atoms with Gasteiger partial charge < -0.3 is 25.0 Å². The molecule has 1 aromatic carbocycles. The van der Waals surface area contributed by atoms with Crippen LogP contribution in [-0.4, -0.2) is 43.0 Å². The highest BCUT2D eigenvalue weighted by molar-refractivity contribution is 5.69. The maximum Gasteiger partial charge on any atom is 0.317 e. The van der Waals surface area contributed by atoms with Crippen LogP contribution in [-0.2, 0) is 4.79 Å².